The Morgan fingerprint density at radius 1 is 0.667 bits per heavy atom. The Morgan fingerprint density at radius 2 is 1.17 bits per heavy atom. The summed E-state index contributed by atoms with van der Waals surface area (Å²) in [5, 5.41) is 0. The first-order chi connectivity index (χ1) is 21.4. The maximum Gasteiger partial charge on any atom is -0.147 e. The zero-order chi connectivity index (χ0) is 33.4. The Labute approximate surface area is 306 Å². The molecular formula is C44H56Cl2SiZr. The summed E-state index contributed by atoms with van der Waals surface area (Å²) >= 11 is -3.64. The van der Waals surface area contributed by atoms with Gasteiger partial charge in [0.15, 0.2) is 0 Å². The molecule has 4 aromatic carbocycles. The molecule has 2 atom stereocenters. The van der Waals surface area contributed by atoms with Crippen molar-refractivity contribution in [2.75, 3.05) is 0 Å². The molecule has 0 fully saturated rings. The molecule has 4 heteroatoms. The molecule has 0 nitrogen and oxygen atoms in total. The summed E-state index contributed by atoms with van der Waals surface area (Å²) in [7, 11) is 0. The van der Waals surface area contributed by atoms with Crippen LogP contribution in [0.5, 0.6) is 0 Å². The number of hydrogen-bond acceptors (Lipinski definition) is 0. The molecule has 6 rings (SSSR count). The van der Waals surface area contributed by atoms with E-state index in [-0.39, 0.29) is 35.6 Å². The van der Waals surface area contributed by atoms with Gasteiger partial charge in [0.1, 0.15) is 0 Å². The first kappa shape index (κ1) is 38.8. The average Bonchev–Trinajstić information content (AvgIpc) is 3.62. The Balaban J connectivity index is 0.00000260. The van der Waals surface area contributed by atoms with Crippen molar-refractivity contribution in [2.45, 2.75) is 89.7 Å². The van der Waals surface area contributed by atoms with Gasteiger partial charge in [0, 0.05) is 0 Å². The van der Waals surface area contributed by atoms with Gasteiger partial charge in [-0.1, -0.05) is 0 Å². The quantitative estimate of drug-likeness (QED) is 0.177. The summed E-state index contributed by atoms with van der Waals surface area (Å²) in [6.45, 7) is 23.4. The fourth-order valence-electron chi connectivity index (χ4n) is 8.38. The second kappa shape index (κ2) is 13.3. The molecule has 0 saturated heterocycles. The second-order valence-electron chi connectivity index (χ2n) is 17.7. The number of allylic oxidation sites excluding steroid dienone is 2. The normalized spacial score (nSPS) is 17.4. The van der Waals surface area contributed by atoms with E-state index in [1.54, 1.807) is 16.7 Å². The third kappa shape index (κ3) is 6.74. The fourth-order valence-corrected chi connectivity index (χ4v) is 25.9. The van der Waals surface area contributed by atoms with E-state index in [0.717, 1.165) is 0 Å². The first-order valence-corrected chi connectivity index (χ1v) is 31.0. The van der Waals surface area contributed by atoms with Crippen LogP contribution >= 0.6 is 24.8 Å². The van der Waals surface area contributed by atoms with E-state index in [2.05, 4.69) is 176 Å². The minimum Gasteiger partial charge on any atom is -0.147 e. The molecule has 0 spiro atoms. The van der Waals surface area contributed by atoms with Gasteiger partial charge < -0.3 is 0 Å². The van der Waals surface area contributed by atoms with Crippen LogP contribution in [0.15, 0.2) is 90.5 Å². The molecule has 0 bridgehead atoms. The SMILES string of the molecule is Cc1ccc(-c2ccc(C(C)(C)C)cc2)c2c1[CH]([Zr]([CH3])([CH3])(=[SiH2])[CH]1C(C(C)C)=Cc3c(-c4ccc(C(C)(C)C)cc4)cccc31)C=C2.Cl.Cl. The smallest absolute Gasteiger partial charge is 0.147 e. The van der Waals surface area contributed by atoms with Crippen LogP contribution in [0, 0.1) is 12.8 Å². The minimum absolute atomic E-state index is 0. The van der Waals surface area contributed by atoms with Crippen LogP contribution in [0.25, 0.3) is 34.4 Å². The molecule has 0 N–H and O–H groups in total. The van der Waals surface area contributed by atoms with Crippen LogP contribution < -0.4 is 0 Å². The van der Waals surface area contributed by atoms with Crippen molar-refractivity contribution in [3.8, 4) is 22.3 Å². The summed E-state index contributed by atoms with van der Waals surface area (Å²) in [6.07, 6.45) is 7.70. The van der Waals surface area contributed by atoms with Crippen molar-refractivity contribution in [1.82, 2.24) is 0 Å². The molecule has 0 aromatic heterocycles. The summed E-state index contributed by atoms with van der Waals surface area (Å²) in [5.74, 6) is 0.504. The Bertz CT molecular complexity index is 1960. The summed E-state index contributed by atoms with van der Waals surface area (Å²) in [5.41, 5.74) is 17.6. The monoisotopic (exact) mass is 772 g/mol. The second-order valence-corrected chi connectivity index (χ2v) is 48.3. The molecule has 0 aliphatic heterocycles. The van der Waals surface area contributed by atoms with Crippen molar-refractivity contribution < 1.29 is 17.4 Å². The number of benzene rings is 4. The van der Waals surface area contributed by atoms with Gasteiger partial charge in [0.05, 0.1) is 0 Å². The molecule has 2 unspecified atom stereocenters. The van der Waals surface area contributed by atoms with Gasteiger partial charge in [-0.3, -0.25) is 0 Å². The van der Waals surface area contributed by atoms with Crippen LogP contribution in [-0.2, 0) is 28.2 Å². The standard InChI is InChI=1S/C22H25.C20H21.2CH3.2ClH.H2Si.Zr/c1-15(2)18-13-17-7-6-8-20(21(17)14-18)16-9-11-19(12-10-16)22(3,4)5;1-14-8-13-18(19-7-5-6-17(14)19)15-9-11-16(12-10-15)20(2,3)4;;;;;;/h6-15H,1-5H3;5-13H,1-4H3;2*1H3;2*1H;1H2;. The van der Waals surface area contributed by atoms with Gasteiger partial charge in [-0.2, -0.15) is 0 Å². The third-order valence-corrected chi connectivity index (χ3v) is 28.6. The minimum atomic E-state index is -3.64. The van der Waals surface area contributed by atoms with Crippen LogP contribution in [0.4, 0.5) is 0 Å². The average molecular weight is 775 g/mol. The third-order valence-electron chi connectivity index (χ3n) is 11.1. The molecule has 0 saturated carbocycles. The van der Waals surface area contributed by atoms with Crippen LogP contribution in [-0.4, -0.2) is 6.88 Å². The summed E-state index contributed by atoms with van der Waals surface area (Å²) < 4.78 is 6.53. The van der Waals surface area contributed by atoms with Gasteiger partial charge in [-0.15, -0.1) is 24.8 Å². The Hall–Kier alpha value is -1.96. The fraction of sp³-hybridized carbons (Fsp3) is 0.364. The molecule has 2 aliphatic rings. The molecule has 254 valence electrons. The molecule has 0 heterocycles. The van der Waals surface area contributed by atoms with Crippen molar-refractivity contribution in [3.63, 3.8) is 0 Å². The van der Waals surface area contributed by atoms with Gasteiger partial charge in [-0.25, -0.2) is 0 Å². The topological polar surface area (TPSA) is 0 Å². The zero-order valence-corrected chi connectivity index (χ0v) is 36.5. The van der Waals surface area contributed by atoms with Crippen LogP contribution in [0.2, 0.25) is 9.26 Å². The van der Waals surface area contributed by atoms with Crippen molar-refractivity contribution in [2.24, 2.45) is 5.92 Å². The Kier molecular flexibility index (Phi) is 10.8. The number of halogens is 2. The van der Waals surface area contributed by atoms with Crippen LogP contribution in [0.3, 0.4) is 0 Å². The molecule has 0 amide bonds. The van der Waals surface area contributed by atoms with Crippen molar-refractivity contribution >= 4 is 43.8 Å². The summed E-state index contributed by atoms with van der Waals surface area (Å²) in [4.78, 5) is 0. The van der Waals surface area contributed by atoms with Gasteiger partial charge >= 0.3 is 284 Å². The van der Waals surface area contributed by atoms with E-state index in [4.69, 9.17) is 0 Å². The van der Waals surface area contributed by atoms with E-state index < -0.39 is 17.4 Å². The Morgan fingerprint density at radius 3 is 1.65 bits per heavy atom. The molecule has 4 aromatic rings. The number of rotatable bonds is 5. The van der Waals surface area contributed by atoms with E-state index >= 15 is 0 Å². The van der Waals surface area contributed by atoms with E-state index in [1.807, 2.05) is 0 Å². The zero-order valence-electron chi connectivity index (χ0n) is 31.0. The first-order valence-electron chi connectivity index (χ1n) is 17.3. The maximum atomic E-state index is 2.76. The largest absolute Gasteiger partial charge is 0.147 e. The number of fused-ring (bicyclic) bond motifs is 2. The predicted molar refractivity (Wildman–Crippen MR) is 218 cm³/mol. The van der Waals surface area contributed by atoms with Gasteiger partial charge in [0.2, 0.25) is 0 Å². The molecule has 0 radical (unpaired) electrons. The summed E-state index contributed by atoms with van der Waals surface area (Å²) in [6, 6.07) is 30.6. The number of hydrogen-bond donors (Lipinski definition) is 0. The van der Waals surface area contributed by atoms with Crippen LogP contribution in [0.1, 0.15) is 102 Å². The number of aryl methyl sites for hydroxylation is 1. The van der Waals surface area contributed by atoms with E-state index in [1.165, 1.54) is 50.1 Å². The predicted octanol–water partition coefficient (Wildman–Crippen LogP) is 13.0. The van der Waals surface area contributed by atoms with Gasteiger partial charge in [-0.05, 0) is 0 Å². The molecule has 48 heavy (non-hydrogen) atoms. The molecular weight excluding hydrogens is 719 g/mol. The molecule has 2 aliphatic carbocycles. The van der Waals surface area contributed by atoms with Gasteiger partial charge in [0.25, 0.3) is 0 Å². The van der Waals surface area contributed by atoms with Crippen molar-refractivity contribution in [1.29, 1.82) is 0 Å². The van der Waals surface area contributed by atoms with E-state index in [0.29, 0.717) is 13.2 Å². The maximum absolute atomic E-state index is 3.64. The van der Waals surface area contributed by atoms with Crippen molar-refractivity contribution in [3.05, 3.63) is 129 Å². The van der Waals surface area contributed by atoms with E-state index in [9.17, 15) is 0 Å².